The van der Waals surface area contributed by atoms with Gasteiger partial charge in [-0.3, -0.25) is 14.4 Å². The van der Waals surface area contributed by atoms with Gasteiger partial charge in [0, 0.05) is 35.0 Å². The van der Waals surface area contributed by atoms with Crippen LogP contribution in [0, 0.1) is 6.92 Å². The first-order valence-corrected chi connectivity index (χ1v) is 11.9. The molecule has 0 fully saturated rings. The van der Waals surface area contributed by atoms with E-state index < -0.39 is 17.9 Å². The molecule has 36 heavy (non-hydrogen) atoms. The summed E-state index contributed by atoms with van der Waals surface area (Å²) in [5.41, 5.74) is 4.47. The Labute approximate surface area is 211 Å². The minimum absolute atomic E-state index is 0.189. The van der Waals surface area contributed by atoms with E-state index in [-0.39, 0.29) is 18.4 Å². The number of benzene rings is 2. The van der Waals surface area contributed by atoms with E-state index in [9.17, 15) is 14.4 Å². The molecule has 1 aliphatic heterocycles. The zero-order valence-electron chi connectivity index (χ0n) is 19.4. The van der Waals surface area contributed by atoms with Gasteiger partial charge in [-0.2, -0.15) is 5.10 Å². The Bertz CT molecular complexity index is 1550. The van der Waals surface area contributed by atoms with Crippen LogP contribution in [0.5, 0.6) is 0 Å². The number of nitrogens with one attached hydrogen (secondary N) is 2. The van der Waals surface area contributed by atoms with Crippen molar-refractivity contribution in [2.75, 3.05) is 0 Å². The molecule has 1 atom stereocenters. The number of carbonyl (C=O) groups excluding carboxylic acids is 1. The molecule has 2 aromatic carbocycles. The summed E-state index contributed by atoms with van der Waals surface area (Å²) in [4.78, 5) is 43.5. The summed E-state index contributed by atoms with van der Waals surface area (Å²) >= 11 is 6.11. The molecular formula is C27H23ClN4O4. The van der Waals surface area contributed by atoms with Gasteiger partial charge in [0.15, 0.2) is 0 Å². The average molecular weight is 503 g/mol. The minimum Gasteiger partial charge on any atom is -0.481 e. The predicted octanol–water partition coefficient (Wildman–Crippen LogP) is 5.03. The first kappa shape index (κ1) is 23.6. The standard InChI is InChI=1S/C27H23ClN4O4/c1-15-2-4-16(5-3-15)21-14-20(31-32(21)22(33)10-11-23(34)35)25-24(17-6-8-18(28)9-7-17)19-12-13-29-26(19)30-27(25)36/h2-9,12-13,21H,10-11,14H2,1H3,(H,34,35)(H2,29,30,36). The third kappa shape index (κ3) is 4.43. The predicted molar refractivity (Wildman–Crippen MR) is 138 cm³/mol. The average Bonchev–Trinajstić information content (AvgIpc) is 3.50. The SMILES string of the molecule is Cc1ccc(C2CC(c3c(-c4ccc(Cl)cc4)c4cc[nH]c4[nH]c3=O)=NN2C(=O)CCC(=O)O)cc1. The normalized spacial score (nSPS) is 15.3. The second-order valence-electron chi connectivity index (χ2n) is 8.79. The van der Waals surface area contributed by atoms with E-state index >= 15 is 0 Å². The maximum absolute atomic E-state index is 13.4. The zero-order chi connectivity index (χ0) is 25.4. The number of halogens is 1. The summed E-state index contributed by atoms with van der Waals surface area (Å²) in [6, 6.07) is 16.4. The highest BCUT2D eigenvalue weighted by Crippen LogP contribution is 2.37. The fourth-order valence-corrected chi connectivity index (χ4v) is 4.69. The van der Waals surface area contributed by atoms with E-state index in [1.165, 1.54) is 5.01 Å². The highest BCUT2D eigenvalue weighted by molar-refractivity contribution is 6.30. The smallest absolute Gasteiger partial charge is 0.303 e. The molecule has 1 unspecified atom stereocenters. The van der Waals surface area contributed by atoms with Crippen molar-refractivity contribution >= 4 is 40.2 Å². The number of fused-ring (bicyclic) bond motifs is 1. The molecule has 0 spiro atoms. The number of rotatable bonds is 6. The third-order valence-electron chi connectivity index (χ3n) is 6.33. The number of aliphatic carboxylic acids is 1. The second-order valence-corrected chi connectivity index (χ2v) is 9.22. The molecule has 0 bridgehead atoms. The third-order valence-corrected chi connectivity index (χ3v) is 6.59. The number of H-pyrrole nitrogens is 2. The van der Waals surface area contributed by atoms with E-state index in [0.717, 1.165) is 22.1 Å². The lowest BCUT2D eigenvalue weighted by molar-refractivity contribution is -0.141. The van der Waals surface area contributed by atoms with Crippen molar-refractivity contribution in [2.45, 2.75) is 32.2 Å². The molecule has 2 aromatic heterocycles. The number of aromatic amines is 2. The first-order chi connectivity index (χ1) is 17.3. The van der Waals surface area contributed by atoms with Crippen molar-refractivity contribution in [3.8, 4) is 11.1 Å². The molecule has 3 heterocycles. The summed E-state index contributed by atoms with van der Waals surface area (Å²) in [7, 11) is 0. The van der Waals surface area contributed by atoms with Gasteiger partial charge in [0.1, 0.15) is 5.65 Å². The minimum atomic E-state index is -1.06. The lowest BCUT2D eigenvalue weighted by atomic mass is 9.92. The van der Waals surface area contributed by atoms with Gasteiger partial charge in [0.25, 0.3) is 5.56 Å². The number of amides is 1. The Morgan fingerprint density at radius 3 is 2.47 bits per heavy atom. The van der Waals surface area contributed by atoms with Crippen LogP contribution >= 0.6 is 11.6 Å². The van der Waals surface area contributed by atoms with Crippen molar-refractivity contribution in [2.24, 2.45) is 5.10 Å². The number of carbonyl (C=O) groups is 2. The first-order valence-electron chi connectivity index (χ1n) is 11.5. The molecule has 4 aromatic rings. The molecule has 9 heteroatoms. The van der Waals surface area contributed by atoms with Crippen LogP contribution in [0.15, 0.2) is 70.7 Å². The van der Waals surface area contributed by atoms with Gasteiger partial charge in [0.2, 0.25) is 5.91 Å². The molecule has 0 saturated heterocycles. The molecule has 1 aliphatic rings. The van der Waals surface area contributed by atoms with Crippen LogP contribution < -0.4 is 5.56 Å². The van der Waals surface area contributed by atoms with Crippen LogP contribution in [0.1, 0.15) is 42.0 Å². The number of nitrogens with zero attached hydrogens (tertiary/aromatic N) is 2. The van der Waals surface area contributed by atoms with E-state index in [1.807, 2.05) is 49.4 Å². The Morgan fingerprint density at radius 2 is 1.78 bits per heavy atom. The molecule has 8 nitrogen and oxygen atoms in total. The second kappa shape index (κ2) is 9.47. The summed E-state index contributed by atoms with van der Waals surface area (Å²) in [6.45, 7) is 1.97. The van der Waals surface area contributed by atoms with Crippen LogP contribution in [0.4, 0.5) is 0 Å². The summed E-state index contributed by atoms with van der Waals surface area (Å²) < 4.78 is 0. The largest absolute Gasteiger partial charge is 0.481 e. The number of aryl methyl sites for hydroxylation is 1. The molecule has 0 aliphatic carbocycles. The van der Waals surface area contributed by atoms with E-state index in [1.54, 1.807) is 18.3 Å². The monoisotopic (exact) mass is 502 g/mol. The molecule has 3 N–H and O–H groups in total. The topological polar surface area (TPSA) is 119 Å². The summed E-state index contributed by atoms with van der Waals surface area (Å²) in [5, 5.41) is 16.4. The number of hydrogen-bond acceptors (Lipinski definition) is 4. The number of hydrogen-bond donors (Lipinski definition) is 3. The van der Waals surface area contributed by atoms with E-state index in [4.69, 9.17) is 16.7 Å². The molecule has 5 rings (SSSR count). The van der Waals surface area contributed by atoms with Crippen LogP contribution in [0.3, 0.4) is 0 Å². The van der Waals surface area contributed by atoms with E-state index in [0.29, 0.717) is 33.9 Å². The van der Waals surface area contributed by atoms with Gasteiger partial charge >= 0.3 is 5.97 Å². The van der Waals surface area contributed by atoms with Gasteiger partial charge in [-0.25, -0.2) is 5.01 Å². The van der Waals surface area contributed by atoms with Gasteiger partial charge in [-0.15, -0.1) is 0 Å². The Hall–Kier alpha value is -4.17. The maximum Gasteiger partial charge on any atom is 0.303 e. The fourth-order valence-electron chi connectivity index (χ4n) is 4.57. The molecule has 0 radical (unpaired) electrons. The van der Waals surface area contributed by atoms with Crippen molar-refractivity contribution in [1.29, 1.82) is 0 Å². The van der Waals surface area contributed by atoms with Crippen molar-refractivity contribution in [1.82, 2.24) is 15.0 Å². The van der Waals surface area contributed by atoms with Crippen molar-refractivity contribution in [3.05, 3.63) is 92.9 Å². The van der Waals surface area contributed by atoms with Crippen LogP contribution in [0.2, 0.25) is 5.02 Å². The van der Waals surface area contributed by atoms with Gasteiger partial charge in [-0.05, 0) is 36.2 Å². The van der Waals surface area contributed by atoms with Crippen LogP contribution in [0.25, 0.3) is 22.2 Å². The quantitative estimate of drug-likeness (QED) is 0.342. The van der Waals surface area contributed by atoms with Gasteiger partial charge < -0.3 is 15.1 Å². The number of hydrazone groups is 1. The highest BCUT2D eigenvalue weighted by atomic mass is 35.5. The van der Waals surface area contributed by atoms with Gasteiger partial charge in [-0.1, -0.05) is 53.6 Å². The summed E-state index contributed by atoms with van der Waals surface area (Å²) in [5.74, 6) is -1.47. The molecule has 0 saturated carbocycles. The summed E-state index contributed by atoms with van der Waals surface area (Å²) in [6.07, 6.45) is 1.57. The lowest BCUT2D eigenvalue weighted by Gasteiger charge is -2.22. The number of carboxylic acid groups (broad SMARTS) is 1. The zero-order valence-corrected chi connectivity index (χ0v) is 20.2. The van der Waals surface area contributed by atoms with Crippen molar-refractivity contribution < 1.29 is 14.7 Å². The van der Waals surface area contributed by atoms with Crippen LogP contribution in [-0.4, -0.2) is 37.7 Å². The fraction of sp³-hybridized carbons (Fsp3) is 0.185. The Kier molecular flexibility index (Phi) is 6.20. The lowest BCUT2D eigenvalue weighted by Crippen LogP contribution is -2.27. The maximum atomic E-state index is 13.4. The Morgan fingerprint density at radius 1 is 1.06 bits per heavy atom. The van der Waals surface area contributed by atoms with Crippen LogP contribution in [-0.2, 0) is 9.59 Å². The molecular weight excluding hydrogens is 480 g/mol. The Balaban J connectivity index is 1.66. The number of aromatic nitrogens is 2. The highest BCUT2D eigenvalue weighted by Gasteiger charge is 2.35. The molecule has 1 amide bonds. The van der Waals surface area contributed by atoms with E-state index in [2.05, 4.69) is 15.1 Å². The molecule has 182 valence electrons. The van der Waals surface area contributed by atoms with Crippen molar-refractivity contribution in [3.63, 3.8) is 0 Å². The number of carboxylic acids is 1. The number of pyridine rings is 1. The van der Waals surface area contributed by atoms with Gasteiger partial charge in [0.05, 0.1) is 23.7 Å².